The number of aliphatic hydroxyl groups excluding tert-OH is 5. The van der Waals surface area contributed by atoms with Gasteiger partial charge in [0, 0.05) is 17.6 Å². The summed E-state index contributed by atoms with van der Waals surface area (Å²) in [4.78, 5) is 0. The van der Waals surface area contributed by atoms with E-state index >= 15 is 0 Å². The summed E-state index contributed by atoms with van der Waals surface area (Å²) in [5.74, 6) is 0.668. The molecule has 0 spiro atoms. The van der Waals surface area contributed by atoms with Crippen molar-refractivity contribution in [2.45, 2.75) is 81.2 Å². The molecular formula is C28H38ClNO7. The molecule has 2 fully saturated rings. The van der Waals surface area contributed by atoms with Crippen molar-refractivity contribution in [1.82, 2.24) is 5.32 Å². The van der Waals surface area contributed by atoms with E-state index in [-0.39, 0.29) is 6.61 Å². The van der Waals surface area contributed by atoms with E-state index in [1.165, 1.54) is 32.1 Å². The van der Waals surface area contributed by atoms with Gasteiger partial charge in [0.25, 0.3) is 0 Å². The molecule has 2 aromatic carbocycles. The van der Waals surface area contributed by atoms with Crippen LogP contribution in [0.4, 0.5) is 0 Å². The summed E-state index contributed by atoms with van der Waals surface area (Å²) < 4.78 is 11.4. The summed E-state index contributed by atoms with van der Waals surface area (Å²) in [6.45, 7) is 0.252. The fourth-order valence-electron chi connectivity index (χ4n) is 5.07. The Morgan fingerprint density at radius 2 is 1.70 bits per heavy atom. The number of rotatable bonds is 10. The highest BCUT2D eigenvalue weighted by molar-refractivity contribution is 6.31. The van der Waals surface area contributed by atoms with Crippen LogP contribution in [0.15, 0.2) is 42.5 Å². The smallest absolute Gasteiger partial charge is 0.119 e. The van der Waals surface area contributed by atoms with Gasteiger partial charge < -0.3 is 40.3 Å². The summed E-state index contributed by atoms with van der Waals surface area (Å²) in [6.07, 6.45) is -0.00913. The van der Waals surface area contributed by atoms with Crippen LogP contribution in [0, 0.1) is 0 Å². The van der Waals surface area contributed by atoms with E-state index < -0.39 is 43.2 Å². The van der Waals surface area contributed by atoms with Gasteiger partial charge in [-0.05, 0) is 54.2 Å². The summed E-state index contributed by atoms with van der Waals surface area (Å²) in [6, 6.07) is 13.3. The number of halogens is 1. The van der Waals surface area contributed by atoms with E-state index in [9.17, 15) is 25.5 Å². The minimum atomic E-state index is -1.44. The van der Waals surface area contributed by atoms with E-state index in [0.29, 0.717) is 35.3 Å². The maximum Gasteiger partial charge on any atom is 0.119 e. The van der Waals surface area contributed by atoms with Crippen LogP contribution in [0.2, 0.25) is 5.02 Å². The third-order valence-corrected chi connectivity index (χ3v) is 7.67. The molecule has 0 aromatic heterocycles. The Balaban J connectivity index is 1.32. The highest BCUT2D eigenvalue weighted by Gasteiger charge is 2.44. The van der Waals surface area contributed by atoms with Crippen LogP contribution >= 0.6 is 11.6 Å². The van der Waals surface area contributed by atoms with Crippen molar-refractivity contribution >= 4 is 11.6 Å². The molecule has 37 heavy (non-hydrogen) atoms. The van der Waals surface area contributed by atoms with Gasteiger partial charge in [0.1, 0.15) is 49.0 Å². The van der Waals surface area contributed by atoms with Gasteiger partial charge in [-0.3, -0.25) is 0 Å². The highest BCUT2D eigenvalue weighted by Crippen LogP contribution is 2.34. The van der Waals surface area contributed by atoms with Gasteiger partial charge in [-0.15, -0.1) is 0 Å². The van der Waals surface area contributed by atoms with Crippen LogP contribution in [0.25, 0.3) is 0 Å². The van der Waals surface area contributed by atoms with Crippen molar-refractivity contribution in [2.75, 3.05) is 19.8 Å². The molecule has 0 amide bonds. The molecule has 2 aromatic rings. The SMILES string of the molecule is OC[C@H]1O[C@@H](c2ccc(Cl)c(Cc3ccc(OC[C@H](O)CNC4CCCCC4)cc3)c2)[C@H](O)[C@@H](O)[C@@H]1O. The minimum absolute atomic E-state index is 0.214. The number of hydrogen-bond acceptors (Lipinski definition) is 8. The third kappa shape index (κ3) is 7.43. The Hall–Kier alpha value is -1.75. The van der Waals surface area contributed by atoms with Crippen LogP contribution < -0.4 is 10.1 Å². The topological polar surface area (TPSA) is 132 Å². The third-order valence-electron chi connectivity index (χ3n) is 7.30. The largest absolute Gasteiger partial charge is 0.491 e. The fraction of sp³-hybridized carbons (Fsp3) is 0.571. The first-order chi connectivity index (χ1) is 17.9. The lowest BCUT2D eigenvalue weighted by atomic mass is 9.90. The Morgan fingerprint density at radius 3 is 2.41 bits per heavy atom. The summed E-state index contributed by atoms with van der Waals surface area (Å²) in [5, 5.41) is 54.3. The van der Waals surface area contributed by atoms with Crippen LogP contribution in [0.1, 0.15) is 54.9 Å². The van der Waals surface area contributed by atoms with Crippen LogP contribution in [-0.2, 0) is 11.2 Å². The van der Waals surface area contributed by atoms with Crippen LogP contribution in [-0.4, -0.2) is 81.9 Å². The zero-order valence-electron chi connectivity index (χ0n) is 20.9. The van der Waals surface area contributed by atoms with Gasteiger partial charge in [0.2, 0.25) is 0 Å². The van der Waals surface area contributed by atoms with Gasteiger partial charge in [0.15, 0.2) is 0 Å². The summed E-state index contributed by atoms with van der Waals surface area (Å²) >= 11 is 6.44. The van der Waals surface area contributed by atoms with Crippen molar-refractivity contribution in [3.05, 3.63) is 64.2 Å². The first-order valence-electron chi connectivity index (χ1n) is 13.1. The second-order valence-corrected chi connectivity index (χ2v) is 10.5. The van der Waals surface area contributed by atoms with E-state index in [1.54, 1.807) is 18.2 Å². The monoisotopic (exact) mass is 535 g/mol. The second kappa shape index (κ2) is 13.4. The fourth-order valence-corrected chi connectivity index (χ4v) is 5.25. The number of ether oxygens (including phenoxy) is 2. The number of nitrogens with one attached hydrogen (secondary N) is 1. The van der Waals surface area contributed by atoms with Crippen LogP contribution in [0.3, 0.4) is 0 Å². The Bertz CT molecular complexity index is 983. The first-order valence-corrected chi connectivity index (χ1v) is 13.5. The molecule has 9 heteroatoms. The maximum absolute atomic E-state index is 10.5. The minimum Gasteiger partial charge on any atom is -0.491 e. The first kappa shape index (κ1) is 28.3. The quantitative estimate of drug-likeness (QED) is 0.273. The van der Waals surface area contributed by atoms with Gasteiger partial charge >= 0.3 is 0 Å². The molecule has 1 aliphatic heterocycles. The second-order valence-electron chi connectivity index (χ2n) is 10.1. The van der Waals surface area contributed by atoms with Gasteiger partial charge in [0.05, 0.1) is 6.61 Å². The normalized spacial score (nSPS) is 27.7. The summed E-state index contributed by atoms with van der Waals surface area (Å²) in [5.41, 5.74) is 2.38. The molecule has 0 unspecified atom stereocenters. The number of hydrogen-bond donors (Lipinski definition) is 6. The molecule has 0 radical (unpaired) electrons. The molecule has 1 saturated carbocycles. The van der Waals surface area contributed by atoms with Crippen molar-refractivity contribution in [3.8, 4) is 5.75 Å². The molecule has 204 valence electrons. The molecule has 0 bridgehead atoms. The van der Waals surface area contributed by atoms with E-state index in [2.05, 4.69) is 5.32 Å². The van der Waals surface area contributed by atoms with Crippen molar-refractivity contribution < 1.29 is 35.0 Å². The highest BCUT2D eigenvalue weighted by atomic mass is 35.5. The number of aliphatic hydroxyl groups is 5. The van der Waals surface area contributed by atoms with Gasteiger partial charge in [-0.2, -0.15) is 0 Å². The zero-order valence-corrected chi connectivity index (χ0v) is 21.6. The molecule has 8 nitrogen and oxygen atoms in total. The molecular weight excluding hydrogens is 498 g/mol. The molecule has 1 aliphatic carbocycles. The molecule has 4 rings (SSSR count). The van der Waals surface area contributed by atoms with Crippen molar-refractivity contribution in [3.63, 3.8) is 0 Å². The summed E-state index contributed by atoms with van der Waals surface area (Å²) in [7, 11) is 0. The average molecular weight is 536 g/mol. The number of benzene rings is 2. The lowest BCUT2D eigenvalue weighted by Gasteiger charge is -2.40. The van der Waals surface area contributed by atoms with Gasteiger partial charge in [-0.1, -0.05) is 55.1 Å². The lowest BCUT2D eigenvalue weighted by Crippen LogP contribution is -2.55. The van der Waals surface area contributed by atoms with E-state index in [4.69, 9.17) is 21.1 Å². The molecule has 6 N–H and O–H groups in total. The molecule has 6 atom stereocenters. The Labute approximate surface area is 222 Å². The van der Waals surface area contributed by atoms with Gasteiger partial charge in [-0.25, -0.2) is 0 Å². The predicted molar refractivity (Wildman–Crippen MR) is 140 cm³/mol. The average Bonchev–Trinajstić information content (AvgIpc) is 2.92. The molecule has 2 aliphatic rings. The standard InChI is InChI=1S/C28H38ClNO7/c29-23-11-8-18(28-27(35)26(34)25(33)24(15-31)37-28)13-19(23)12-17-6-9-22(10-7-17)36-16-21(32)14-30-20-4-2-1-3-5-20/h6-11,13,20-21,24-28,30-35H,1-5,12,14-16H2/t21-,24-,25-,26+,27-,28+/m1/s1. The molecule has 1 heterocycles. The van der Waals surface area contributed by atoms with E-state index in [1.807, 2.05) is 24.3 Å². The van der Waals surface area contributed by atoms with E-state index in [0.717, 1.165) is 11.1 Å². The Morgan fingerprint density at radius 1 is 0.973 bits per heavy atom. The predicted octanol–water partition coefficient (Wildman–Crippen LogP) is 2.11. The molecule has 1 saturated heterocycles. The van der Waals surface area contributed by atoms with Crippen molar-refractivity contribution in [1.29, 1.82) is 0 Å². The zero-order chi connectivity index (χ0) is 26.4. The lowest BCUT2D eigenvalue weighted by molar-refractivity contribution is -0.231. The van der Waals surface area contributed by atoms with Crippen molar-refractivity contribution in [2.24, 2.45) is 0 Å². The maximum atomic E-state index is 10.5. The van der Waals surface area contributed by atoms with Crippen LogP contribution in [0.5, 0.6) is 5.75 Å². The Kier molecular flexibility index (Phi) is 10.2.